The first-order chi connectivity index (χ1) is 7.83. The Bertz CT molecular complexity index is 553. The molecule has 1 aliphatic rings. The van der Waals surface area contributed by atoms with Crippen molar-refractivity contribution in [1.82, 2.24) is 9.88 Å². The molecule has 2 heterocycles. The number of aromatic nitrogens is 1. The van der Waals surface area contributed by atoms with Crippen molar-refractivity contribution in [2.24, 2.45) is 0 Å². The zero-order valence-corrected chi connectivity index (χ0v) is 11.9. The van der Waals surface area contributed by atoms with Crippen molar-refractivity contribution in [2.75, 3.05) is 13.7 Å². The van der Waals surface area contributed by atoms with Crippen molar-refractivity contribution in [3.63, 3.8) is 0 Å². The second-order valence-corrected chi connectivity index (χ2v) is 4.80. The number of benzene rings is 1. The van der Waals surface area contributed by atoms with Crippen LogP contribution in [0.25, 0.3) is 10.9 Å². The predicted molar refractivity (Wildman–Crippen MR) is 75.1 cm³/mol. The minimum Gasteiger partial charge on any atom is -0.494 e. The van der Waals surface area contributed by atoms with E-state index in [1.165, 1.54) is 16.6 Å². The summed E-state index contributed by atoms with van der Waals surface area (Å²) in [5.41, 5.74) is 2.50. The highest BCUT2D eigenvalue weighted by molar-refractivity contribution is 9.10. The summed E-state index contributed by atoms with van der Waals surface area (Å²) in [6, 6.07) is 6.28. The van der Waals surface area contributed by atoms with Crippen molar-refractivity contribution >= 4 is 39.2 Å². The number of hydrogen-bond acceptors (Lipinski definition) is 2. The monoisotopic (exact) mass is 316 g/mol. The lowest BCUT2D eigenvalue weighted by atomic mass is 10.2. The van der Waals surface area contributed by atoms with Crippen LogP contribution in [0, 0.1) is 0 Å². The van der Waals surface area contributed by atoms with Crippen molar-refractivity contribution in [3.8, 4) is 5.75 Å². The fraction of sp³-hybridized carbons (Fsp3) is 0.333. The molecule has 2 aromatic rings. The summed E-state index contributed by atoms with van der Waals surface area (Å²) in [6.07, 6.45) is 0. The van der Waals surface area contributed by atoms with Crippen molar-refractivity contribution < 1.29 is 4.74 Å². The molecule has 1 aromatic carbocycles. The van der Waals surface area contributed by atoms with E-state index in [0.717, 1.165) is 29.9 Å². The molecule has 1 aromatic heterocycles. The number of ether oxygens (including phenoxy) is 1. The van der Waals surface area contributed by atoms with Crippen LogP contribution in [-0.2, 0) is 13.1 Å². The molecule has 3 nitrogen and oxygen atoms in total. The normalized spacial score (nSPS) is 14.2. The van der Waals surface area contributed by atoms with E-state index < -0.39 is 0 Å². The number of nitrogens with zero attached hydrogens (tertiary/aromatic N) is 1. The van der Waals surface area contributed by atoms with Gasteiger partial charge in [0.1, 0.15) is 5.75 Å². The summed E-state index contributed by atoms with van der Waals surface area (Å²) in [6.45, 7) is 2.91. The topological polar surface area (TPSA) is 26.2 Å². The van der Waals surface area contributed by atoms with Gasteiger partial charge in [0, 0.05) is 24.1 Å². The average molecular weight is 318 g/mol. The van der Waals surface area contributed by atoms with Crippen LogP contribution in [0.1, 0.15) is 5.69 Å². The van der Waals surface area contributed by atoms with E-state index in [4.69, 9.17) is 4.74 Å². The van der Waals surface area contributed by atoms with Crippen molar-refractivity contribution in [2.45, 2.75) is 13.1 Å². The highest BCUT2D eigenvalue weighted by Crippen LogP contribution is 2.38. The van der Waals surface area contributed by atoms with E-state index >= 15 is 0 Å². The number of hydrogen-bond donors (Lipinski definition) is 1. The molecule has 5 heteroatoms. The van der Waals surface area contributed by atoms with E-state index in [1.54, 1.807) is 7.11 Å². The van der Waals surface area contributed by atoms with E-state index in [1.807, 2.05) is 0 Å². The van der Waals surface area contributed by atoms with E-state index in [2.05, 4.69) is 44.0 Å². The standard InChI is InChI=1S/C12H13BrN2O.ClH/c1-16-12-10-7-14-5-6-15(10)9-4-2-3-8(13)11(9)12;/h2-4,14H,5-7H2,1H3;1H. The minimum atomic E-state index is 0. The first-order valence-electron chi connectivity index (χ1n) is 5.37. The molecule has 1 aliphatic heterocycles. The Balaban J connectivity index is 0.00000108. The molecular formula is C12H14BrClN2O. The molecule has 0 bridgehead atoms. The summed E-state index contributed by atoms with van der Waals surface area (Å²) in [7, 11) is 1.74. The Morgan fingerprint density at radius 2 is 2.24 bits per heavy atom. The lowest BCUT2D eigenvalue weighted by molar-refractivity contribution is 0.400. The van der Waals surface area contributed by atoms with Crippen LogP contribution in [0.4, 0.5) is 0 Å². The van der Waals surface area contributed by atoms with E-state index in [-0.39, 0.29) is 12.4 Å². The van der Waals surface area contributed by atoms with Gasteiger partial charge in [-0.3, -0.25) is 0 Å². The largest absolute Gasteiger partial charge is 0.494 e. The Labute approximate surface area is 115 Å². The summed E-state index contributed by atoms with van der Waals surface area (Å²) in [5.74, 6) is 0.995. The summed E-state index contributed by atoms with van der Waals surface area (Å²) < 4.78 is 9.00. The van der Waals surface area contributed by atoms with Crippen molar-refractivity contribution in [3.05, 3.63) is 28.4 Å². The zero-order chi connectivity index (χ0) is 11.1. The predicted octanol–water partition coefficient (Wildman–Crippen LogP) is 2.94. The molecule has 0 radical (unpaired) electrons. The fourth-order valence-electron chi connectivity index (χ4n) is 2.42. The Kier molecular flexibility index (Phi) is 3.66. The Morgan fingerprint density at radius 1 is 1.41 bits per heavy atom. The number of halogens is 2. The molecule has 0 aliphatic carbocycles. The third-order valence-corrected chi connectivity index (χ3v) is 3.77. The minimum absolute atomic E-state index is 0. The van der Waals surface area contributed by atoms with Gasteiger partial charge >= 0.3 is 0 Å². The van der Waals surface area contributed by atoms with Gasteiger partial charge in [0.15, 0.2) is 0 Å². The second-order valence-electron chi connectivity index (χ2n) is 3.94. The van der Waals surface area contributed by atoms with Crippen LogP contribution >= 0.6 is 28.3 Å². The van der Waals surface area contributed by atoms with Gasteiger partial charge < -0.3 is 14.6 Å². The molecule has 1 N–H and O–H groups in total. The molecule has 0 fully saturated rings. The van der Waals surface area contributed by atoms with Crippen LogP contribution in [-0.4, -0.2) is 18.2 Å². The fourth-order valence-corrected chi connectivity index (χ4v) is 2.96. The molecule has 0 amide bonds. The third-order valence-electron chi connectivity index (χ3n) is 3.11. The van der Waals surface area contributed by atoms with Crippen LogP contribution in [0.5, 0.6) is 5.75 Å². The summed E-state index contributed by atoms with van der Waals surface area (Å²) in [5, 5.41) is 4.56. The second kappa shape index (κ2) is 4.88. The average Bonchev–Trinajstić information content (AvgIpc) is 2.65. The zero-order valence-electron chi connectivity index (χ0n) is 9.50. The molecule has 0 atom stereocenters. The molecule has 0 spiro atoms. The molecule has 3 rings (SSSR count). The van der Waals surface area contributed by atoms with Gasteiger partial charge in [-0.2, -0.15) is 0 Å². The quantitative estimate of drug-likeness (QED) is 0.875. The molecule has 0 saturated heterocycles. The highest BCUT2D eigenvalue weighted by atomic mass is 79.9. The molecule has 17 heavy (non-hydrogen) atoms. The van der Waals surface area contributed by atoms with E-state index in [9.17, 15) is 0 Å². The first-order valence-corrected chi connectivity index (χ1v) is 6.16. The summed E-state index contributed by atoms with van der Waals surface area (Å²) in [4.78, 5) is 0. The summed E-state index contributed by atoms with van der Waals surface area (Å²) >= 11 is 3.60. The van der Waals surface area contributed by atoms with Crippen LogP contribution in [0.15, 0.2) is 22.7 Å². The molecule has 0 unspecified atom stereocenters. The molecule has 0 saturated carbocycles. The number of methoxy groups -OCH3 is 1. The Morgan fingerprint density at radius 3 is 3.00 bits per heavy atom. The number of fused-ring (bicyclic) bond motifs is 3. The smallest absolute Gasteiger partial charge is 0.150 e. The third kappa shape index (κ3) is 1.84. The van der Waals surface area contributed by atoms with Crippen molar-refractivity contribution in [1.29, 1.82) is 0 Å². The van der Waals surface area contributed by atoms with Gasteiger partial charge in [-0.1, -0.05) is 6.07 Å². The molecule has 92 valence electrons. The van der Waals surface area contributed by atoms with E-state index in [0.29, 0.717) is 0 Å². The maximum atomic E-state index is 5.56. The van der Waals surface area contributed by atoms with Crippen LogP contribution in [0.3, 0.4) is 0 Å². The number of rotatable bonds is 1. The number of nitrogens with one attached hydrogen (secondary N) is 1. The van der Waals surface area contributed by atoms with Gasteiger partial charge in [0.25, 0.3) is 0 Å². The van der Waals surface area contributed by atoms with Crippen LogP contribution in [0.2, 0.25) is 0 Å². The molecular weight excluding hydrogens is 304 g/mol. The lowest BCUT2D eigenvalue weighted by Gasteiger charge is -2.17. The first kappa shape index (κ1) is 12.7. The lowest BCUT2D eigenvalue weighted by Crippen LogP contribution is -2.27. The SMILES string of the molecule is COc1c2n(c3cccc(Br)c13)CCNC2.Cl. The van der Waals surface area contributed by atoms with Gasteiger partial charge in [-0.15, -0.1) is 12.4 Å². The van der Waals surface area contributed by atoms with Gasteiger partial charge in [0.05, 0.1) is 23.7 Å². The highest BCUT2D eigenvalue weighted by Gasteiger charge is 2.21. The van der Waals surface area contributed by atoms with Gasteiger partial charge in [0.2, 0.25) is 0 Å². The maximum absolute atomic E-state index is 5.56. The Hall–Kier alpha value is -0.710. The van der Waals surface area contributed by atoms with Gasteiger partial charge in [-0.05, 0) is 28.1 Å². The maximum Gasteiger partial charge on any atom is 0.150 e. The van der Waals surface area contributed by atoms with Gasteiger partial charge in [-0.25, -0.2) is 0 Å². The van der Waals surface area contributed by atoms with Crippen LogP contribution < -0.4 is 10.1 Å².